The SMILES string of the molecule is CC(C)(c1ccc(N(CC2CO2)CC2CO2)cc1)c1cccc(C(C)(C)c2ccc(N(CC3CO3)CC3CO3)cc2)c1. The Kier molecular flexibility index (Phi) is 7.30. The fourth-order valence-electron chi connectivity index (χ4n) is 6.06. The number of nitrogens with zero attached hydrogens (tertiary/aromatic N) is 2. The van der Waals surface area contributed by atoms with Gasteiger partial charge in [-0.05, 0) is 46.5 Å². The van der Waals surface area contributed by atoms with E-state index in [4.69, 9.17) is 18.9 Å². The molecule has 0 aromatic heterocycles. The van der Waals surface area contributed by atoms with Crippen LogP contribution in [0, 0.1) is 0 Å². The number of epoxide rings is 4. The lowest BCUT2D eigenvalue weighted by atomic mass is 9.73. The smallest absolute Gasteiger partial charge is 0.0984 e. The van der Waals surface area contributed by atoms with Crippen molar-refractivity contribution in [2.75, 3.05) is 62.4 Å². The Labute approximate surface area is 250 Å². The number of hydrogen-bond donors (Lipinski definition) is 0. The molecule has 4 aliphatic rings. The average molecular weight is 569 g/mol. The summed E-state index contributed by atoms with van der Waals surface area (Å²) in [6.07, 6.45) is 1.43. The summed E-state index contributed by atoms with van der Waals surface area (Å²) in [4.78, 5) is 4.83. The summed E-state index contributed by atoms with van der Waals surface area (Å²) >= 11 is 0. The fraction of sp³-hybridized carbons (Fsp3) is 0.500. The largest absolute Gasteiger partial charge is 0.371 e. The van der Waals surface area contributed by atoms with Crippen LogP contribution in [0.1, 0.15) is 49.9 Å². The van der Waals surface area contributed by atoms with E-state index in [1.165, 1.54) is 33.6 Å². The predicted octanol–water partition coefficient (Wildman–Crippen LogP) is 5.55. The molecule has 0 saturated carbocycles. The van der Waals surface area contributed by atoms with E-state index in [2.05, 4.69) is 110 Å². The van der Waals surface area contributed by atoms with Gasteiger partial charge in [0.1, 0.15) is 0 Å². The molecular formula is C36H44N2O4. The highest BCUT2D eigenvalue weighted by Crippen LogP contribution is 2.38. The molecule has 7 rings (SSSR count). The van der Waals surface area contributed by atoms with Crippen LogP contribution < -0.4 is 9.80 Å². The Morgan fingerprint density at radius 2 is 0.810 bits per heavy atom. The first-order valence-corrected chi connectivity index (χ1v) is 15.5. The van der Waals surface area contributed by atoms with Crippen LogP contribution >= 0.6 is 0 Å². The summed E-state index contributed by atoms with van der Waals surface area (Å²) in [6, 6.07) is 27.4. The van der Waals surface area contributed by atoms with Crippen molar-refractivity contribution in [1.29, 1.82) is 0 Å². The van der Waals surface area contributed by atoms with E-state index in [0.29, 0.717) is 24.4 Å². The fourth-order valence-corrected chi connectivity index (χ4v) is 6.06. The van der Waals surface area contributed by atoms with Gasteiger partial charge in [-0.2, -0.15) is 0 Å². The van der Waals surface area contributed by atoms with Gasteiger partial charge in [0.25, 0.3) is 0 Å². The van der Waals surface area contributed by atoms with Crippen molar-refractivity contribution in [1.82, 2.24) is 0 Å². The van der Waals surface area contributed by atoms with Crippen LogP contribution in [0.5, 0.6) is 0 Å². The molecule has 0 aliphatic carbocycles. The highest BCUT2D eigenvalue weighted by molar-refractivity contribution is 5.53. The first-order chi connectivity index (χ1) is 20.3. The molecule has 4 atom stereocenters. The van der Waals surface area contributed by atoms with Crippen LogP contribution in [-0.4, -0.2) is 77.0 Å². The van der Waals surface area contributed by atoms with E-state index in [1.807, 2.05) is 0 Å². The minimum absolute atomic E-state index is 0.130. The summed E-state index contributed by atoms with van der Waals surface area (Å²) in [6.45, 7) is 16.5. The quantitative estimate of drug-likeness (QED) is 0.238. The van der Waals surface area contributed by atoms with Gasteiger partial charge in [0.2, 0.25) is 0 Å². The van der Waals surface area contributed by atoms with Crippen molar-refractivity contribution in [2.45, 2.75) is 62.9 Å². The second kappa shape index (κ2) is 11.0. The first kappa shape index (κ1) is 27.9. The average Bonchev–Trinajstić information content (AvgIpc) is 3.82. The zero-order chi connectivity index (χ0) is 28.9. The molecule has 0 amide bonds. The van der Waals surface area contributed by atoms with Gasteiger partial charge in [0.05, 0.1) is 50.8 Å². The summed E-state index contributed by atoms with van der Waals surface area (Å²) < 4.78 is 22.1. The van der Waals surface area contributed by atoms with E-state index in [9.17, 15) is 0 Å². The Morgan fingerprint density at radius 3 is 1.10 bits per heavy atom. The zero-order valence-corrected chi connectivity index (χ0v) is 25.4. The molecule has 0 spiro atoms. The molecule has 0 radical (unpaired) electrons. The van der Waals surface area contributed by atoms with E-state index >= 15 is 0 Å². The van der Waals surface area contributed by atoms with Crippen LogP contribution in [0.2, 0.25) is 0 Å². The topological polar surface area (TPSA) is 56.6 Å². The highest BCUT2D eigenvalue weighted by Gasteiger charge is 2.33. The molecule has 4 aliphatic heterocycles. The number of benzene rings is 3. The molecule has 6 nitrogen and oxygen atoms in total. The molecule has 4 fully saturated rings. The van der Waals surface area contributed by atoms with Crippen LogP contribution in [0.4, 0.5) is 11.4 Å². The van der Waals surface area contributed by atoms with Crippen molar-refractivity contribution in [2.24, 2.45) is 0 Å². The van der Waals surface area contributed by atoms with Gasteiger partial charge in [0.15, 0.2) is 0 Å². The van der Waals surface area contributed by atoms with Gasteiger partial charge in [-0.3, -0.25) is 0 Å². The van der Waals surface area contributed by atoms with Gasteiger partial charge >= 0.3 is 0 Å². The zero-order valence-electron chi connectivity index (χ0n) is 25.4. The molecule has 6 heteroatoms. The van der Waals surface area contributed by atoms with Gasteiger partial charge in [0, 0.05) is 48.4 Å². The summed E-state index contributed by atoms with van der Waals surface area (Å²) in [5, 5.41) is 0. The van der Waals surface area contributed by atoms with E-state index < -0.39 is 0 Å². The second-order valence-corrected chi connectivity index (χ2v) is 13.6. The molecule has 42 heavy (non-hydrogen) atoms. The molecule has 4 unspecified atom stereocenters. The van der Waals surface area contributed by atoms with Crippen molar-refractivity contribution < 1.29 is 18.9 Å². The van der Waals surface area contributed by atoms with E-state index in [0.717, 1.165) is 52.6 Å². The van der Waals surface area contributed by atoms with Gasteiger partial charge in [-0.25, -0.2) is 0 Å². The number of anilines is 2. The Bertz CT molecular complexity index is 1240. The first-order valence-electron chi connectivity index (χ1n) is 15.5. The maximum absolute atomic E-state index is 5.52. The third-order valence-corrected chi connectivity index (χ3v) is 9.52. The van der Waals surface area contributed by atoms with Gasteiger partial charge in [-0.1, -0.05) is 76.2 Å². The normalized spacial score (nSPS) is 24.3. The summed E-state index contributed by atoms with van der Waals surface area (Å²) in [5.74, 6) is 0. The Morgan fingerprint density at radius 1 is 0.500 bits per heavy atom. The second-order valence-electron chi connectivity index (χ2n) is 13.6. The molecule has 4 heterocycles. The van der Waals surface area contributed by atoms with Gasteiger partial charge < -0.3 is 28.7 Å². The van der Waals surface area contributed by atoms with Crippen molar-refractivity contribution in [3.63, 3.8) is 0 Å². The summed E-state index contributed by atoms with van der Waals surface area (Å²) in [5.41, 5.74) is 7.51. The number of rotatable bonds is 14. The van der Waals surface area contributed by atoms with Crippen molar-refractivity contribution in [3.8, 4) is 0 Å². The lowest BCUT2D eigenvalue weighted by Crippen LogP contribution is -2.31. The number of ether oxygens (including phenoxy) is 4. The lowest BCUT2D eigenvalue weighted by molar-refractivity contribution is 0.388. The maximum Gasteiger partial charge on any atom is 0.0984 e. The summed E-state index contributed by atoms with van der Waals surface area (Å²) in [7, 11) is 0. The number of hydrogen-bond acceptors (Lipinski definition) is 6. The minimum Gasteiger partial charge on any atom is -0.371 e. The lowest BCUT2D eigenvalue weighted by Gasteiger charge is -2.32. The van der Waals surface area contributed by atoms with E-state index in [-0.39, 0.29) is 10.8 Å². The minimum atomic E-state index is -0.130. The standard InChI is InChI=1S/C36H44N2O4/c1-35(2,25-8-12-29(13-9-25)37(17-31-21-39-31)18-32-22-40-32)27-6-5-7-28(16-27)36(3,4)26-10-14-30(15-11-26)38(19-33-23-41-33)20-34-24-42-34/h5-16,31-34H,17-24H2,1-4H3. The van der Waals surface area contributed by atoms with Crippen LogP contribution in [0.15, 0.2) is 72.8 Å². The molecule has 0 N–H and O–H groups in total. The third kappa shape index (κ3) is 6.37. The maximum atomic E-state index is 5.52. The van der Waals surface area contributed by atoms with Crippen LogP contribution in [0.25, 0.3) is 0 Å². The molecule has 3 aromatic rings. The molecule has 0 bridgehead atoms. The third-order valence-electron chi connectivity index (χ3n) is 9.52. The van der Waals surface area contributed by atoms with Crippen LogP contribution in [-0.2, 0) is 29.8 Å². The monoisotopic (exact) mass is 568 g/mol. The van der Waals surface area contributed by atoms with Crippen LogP contribution in [0.3, 0.4) is 0 Å². The van der Waals surface area contributed by atoms with E-state index in [1.54, 1.807) is 0 Å². The Balaban J connectivity index is 1.08. The molecule has 222 valence electrons. The highest BCUT2D eigenvalue weighted by atomic mass is 16.6. The van der Waals surface area contributed by atoms with Crippen molar-refractivity contribution in [3.05, 3.63) is 95.1 Å². The van der Waals surface area contributed by atoms with Gasteiger partial charge in [-0.15, -0.1) is 0 Å². The molecular weight excluding hydrogens is 524 g/mol. The predicted molar refractivity (Wildman–Crippen MR) is 167 cm³/mol. The molecule has 4 saturated heterocycles. The van der Waals surface area contributed by atoms with Crippen molar-refractivity contribution >= 4 is 11.4 Å². The Hall–Kier alpha value is -2.90. The molecule has 3 aromatic carbocycles.